The van der Waals surface area contributed by atoms with Crippen LogP contribution in [0.25, 0.3) is 0 Å². The van der Waals surface area contributed by atoms with Gasteiger partial charge in [0, 0.05) is 36.4 Å². The molecule has 1 aromatic heterocycles. The number of rotatable bonds is 2. The Morgan fingerprint density at radius 3 is 2.65 bits per heavy atom. The van der Waals surface area contributed by atoms with E-state index in [1.807, 2.05) is 6.20 Å². The van der Waals surface area contributed by atoms with E-state index in [2.05, 4.69) is 4.98 Å². The zero-order chi connectivity index (χ0) is 11.7. The number of hydrogen-bond acceptors (Lipinski definition) is 5. The van der Waals surface area contributed by atoms with Gasteiger partial charge in [0.1, 0.15) is 0 Å². The van der Waals surface area contributed by atoms with Crippen molar-refractivity contribution in [2.75, 3.05) is 13.2 Å². The first-order valence-electron chi connectivity index (χ1n) is 6.24. The molecule has 0 aromatic carbocycles. The van der Waals surface area contributed by atoms with Crippen molar-refractivity contribution in [3.8, 4) is 0 Å². The summed E-state index contributed by atoms with van der Waals surface area (Å²) in [4.78, 5) is 5.66. The summed E-state index contributed by atoms with van der Waals surface area (Å²) in [5.74, 6) is 0.309. The summed E-state index contributed by atoms with van der Waals surface area (Å²) in [7, 11) is 0. The van der Waals surface area contributed by atoms with Crippen LogP contribution in [0.15, 0.2) is 6.20 Å². The largest absolute Gasteiger partial charge is 0.348 e. The van der Waals surface area contributed by atoms with Crippen LogP contribution in [0.1, 0.15) is 41.5 Å². The maximum atomic E-state index is 5.73. The van der Waals surface area contributed by atoms with E-state index in [9.17, 15) is 0 Å². The quantitative estimate of drug-likeness (QED) is 0.877. The topological polar surface area (TPSA) is 57.4 Å². The van der Waals surface area contributed by atoms with Crippen LogP contribution in [0.4, 0.5) is 0 Å². The molecular formula is C12H18N2O2S. The lowest BCUT2D eigenvalue weighted by Crippen LogP contribution is -2.34. The third-order valence-electron chi connectivity index (χ3n) is 3.68. The lowest BCUT2D eigenvalue weighted by atomic mass is 9.85. The van der Waals surface area contributed by atoms with Crippen molar-refractivity contribution in [3.05, 3.63) is 16.1 Å². The van der Waals surface area contributed by atoms with Crippen LogP contribution >= 0.6 is 11.3 Å². The molecule has 2 heterocycles. The standard InChI is InChI=1S/C12H18N2O2S/c13-7-10-8-14-11(17-10)9-1-3-12(4-2-9)15-5-6-16-12/h8-9H,1-7,13H2. The minimum atomic E-state index is -0.259. The highest BCUT2D eigenvalue weighted by Crippen LogP contribution is 2.42. The SMILES string of the molecule is NCc1cnc(C2CCC3(CC2)OCCO3)s1. The van der Waals surface area contributed by atoms with Gasteiger partial charge in [0.05, 0.1) is 18.2 Å². The number of hydrogen-bond donors (Lipinski definition) is 1. The highest BCUT2D eigenvalue weighted by molar-refractivity contribution is 7.11. The van der Waals surface area contributed by atoms with E-state index < -0.39 is 0 Å². The summed E-state index contributed by atoms with van der Waals surface area (Å²) in [6, 6.07) is 0. The lowest BCUT2D eigenvalue weighted by Gasteiger charge is -2.34. The molecule has 0 atom stereocenters. The van der Waals surface area contributed by atoms with Crippen LogP contribution in [0.3, 0.4) is 0 Å². The molecule has 2 fully saturated rings. The van der Waals surface area contributed by atoms with Crippen LogP contribution < -0.4 is 5.73 Å². The van der Waals surface area contributed by atoms with Crippen LogP contribution in [0.5, 0.6) is 0 Å². The molecule has 1 aliphatic heterocycles. The molecule has 0 bridgehead atoms. The second-order valence-corrected chi connectivity index (χ2v) is 5.90. The Bertz CT molecular complexity index is 378. The zero-order valence-electron chi connectivity index (χ0n) is 9.85. The first-order valence-corrected chi connectivity index (χ1v) is 7.05. The van der Waals surface area contributed by atoms with Crippen LogP contribution in [0.2, 0.25) is 0 Å². The van der Waals surface area contributed by atoms with E-state index in [1.54, 1.807) is 11.3 Å². The van der Waals surface area contributed by atoms with Crippen molar-refractivity contribution in [3.63, 3.8) is 0 Å². The van der Waals surface area contributed by atoms with Gasteiger partial charge in [0.25, 0.3) is 0 Å². The van der Waals surface area contributed by atoms with E-state index in [4.69, 9.17) is 15.2 Å². The molecule has 1 spiro atoms. The molecule has 2 N–H and O–H groups in total. The molecule has 1 saturated heterocycles. The van der Waals surface area contributed by atoms with Gasteiger partial charge in [-0.2, -0.15) is 0 Å². The van der Waals surface area contributed by atoms with E-state index >= 15 is 0 Å². The van der Waals surface area contributed by atoms with Crippen molar-refractivity contribution >= 4 is 11.3 Å². The molecule has 17 heavy (non-hydrogen) atoms. The van der Waals surface area contributed by atoms with Gasteiger partial charge in [-0.15, -0.1) is 11.3 Å². The highest BCUT2D eigenvalue weighted by Gasteiger charge is 2.41. The van der Waals surface area contributed by atoms with Crippen molar-refractivity contribution < 1.29 is 9.47 Å². The molecule has 1 aliphatic carbocycles. The average molecular weight is 254 g/mol. The van der Waals surface area contributed by atoms with Crippen LogP contribution in [-0.2, 0) is 16.0 Å². The smallest absolute Gasteiger partial charge is 0.168 e. The summed E-state index contributed by atoms with van der Waals surface area (Å²) in [5, 5.41) is 1.23. The third-order valence-corrected chi connectivity index (χ3v) is 4.86. The third kappa shape index (κ3) is 2.25. The van der Waals surface area contributed by atoms with E-state index in [0.29, 0.717) is 12.5 Å². The Morgan fingerprint density at radius 2 is 2.06 bits per heavy atom. The fourth-order valence-electron chi connectivity index (χ4n) is 2.70. The number of nitrogens with two attached hydrogens (primary N) is 1. The Morgan fingerprint density at radius 1 is 1.35 bits per heavy atom. The molecule has 1 aromatic rings. The van der Waals surface area contributed by atoms with Gasteiger partial charge in [0.2, 0.25) is 0 Å². The highest BCUT2D eigenvalue weighted by atomic mass is 32.1. The van der Waals surface area contributed by atoms with Crippen LogP contribution in [-0.4, -0.2) is 24.0 Å². The maximum Gasteiger partial charge on any atom is 0.168 e. The van der Waals surface area contributed by atoms with Gasteiger partial charge in [-0.05, 0) is 12.8 Å². The summed E-state index contributed by atoms with van der Waals surface area (Å²) in [6.07, 6.45) is 6.12. The van der Waals surface area contributed by atoms with Crippen molar-refractivity contribution in [2.24, 2.45) is 5.73 Å². The van der Waals surface area contributed by atoms with Crippen molar-refractivity contribution in [1.82, 2.24) is 4.98 Å². The molecule has 94 valence electrons. The van der Waals surface area contributed by atoms with Gasteiger partial charge in [-0.1, -0.05) is 0 Å². The molecule has 0 unspecified atom stereocenters. The van der Waals surface area contributed by atoms with Gasteiger partial charge in [0.15, 0.2) is 5.79 Å². The number of nitrogens with zero attached hydrogens (tertiary/aromatic N) is 1. The Hall–Kier alpha value is -0.490. The normalized spacial score (nSPS) is 24.5. The molecule has 5 heteroatoms. The summed E-state index contributed by atoms with van der Waals surface area (Å²) < 4.78 is 11.5. The Labute approximate surface area is 105 Å². The van der Waals surface area contributed by atoms with E-state index in [1.165, 1.54) is 9.88 Å². The minimum Gasteiger partial charge on any atom is -0.348 e. The van der Waals surface area contributed by atoms with Gasteiger partial charge >= 0.3 is 0 Å². The lowest BCUT2D eigenvalue weighted by molar-refractivity contribution is -0.178. The monoisotopic (exact) mass is 254 g/mol. The zero-order valence-corrected chi connectivity index (χ0v) is 10.7. The molecule has 2 aliphatic rings. The number of ether oxygens (including phenoxy) is 2. The molecule has 4 nitrogen and oxygen atoms in total. The molecule has 3 rings (SSSR count). The summed E-state index contributed by atoms with van der Waals surface area (Å²) in [5.41, 5.74) is 5.62. The minimum absolute atomic E-state index is 0.259. The van der Waals surface area contributed by atoms with Gasteiger partial charge in [-0.25, -0.2) is 4.98 Å². The van der Waals surface area contributed by atoms with Gasteiger partial charge in [-0.3, -0.25) is 0 Å². The number of thiazole rings is 1. The van der Waals surface area contributed by atoms with Crippen molar-refractivity contribution in [2.45, 2.75) is 43.9 Å². The fourth-order valence-corrected chi connectivity index (χ4v) is 3.66. The molecule has 1 saturated carbocycles. The predicted octanol–water partition coefficient (Wildman–Crippen LogP) is 2.00. The van der Waals surface area contributed by atoms with Crippen molar-refractivity contribution in [1.29, 1.82) is 0 Å². The molecule has 0 amide bonds. The Balaban J connectivity index is 1.64. The summed E-state index contributed by atoms with van der Waals surface area (Å²) >= 11 is 1.75. The first kappa shape index (κ1) is 11.6. The average Bonchev–Trinajstić information content (AvgIpc) is 3.00. The fraction of sp³-hybridized carbons (Fsp3) is 0.750. The van der Waals surface area contributed by atoms with Gasteiger partial charge < -0.3 is 15.2 Å². The second kappa shape index (κ2) is 4.65. The maximum absolute atomic E-state index is 5.73. The predicted molar refractivity (Wildman–Crippen MR) is 65.8 cm³/mol. The molecular weight excluding hydrogens is 236 g/mol. The Kier molecular flexibility index (Phi) is 3.17. The second-order valence-electron chi connectivity index (χ2n) is 4.75. The van der Waals surface area contributed by atoms with E-state index in [-0.39, 0.29) is 5.79 Å². The number of aromatic nitrogens is 1. The molecule has 0 radical (unpaired) electrons. The van der Waals surface area contributed by atoms with E-state index in [0.717, 1.165) is 38.9 Å². The summed E-state index contributed by atoms with van der Waals surface area (Å²) in [6.45, 7) is 2.10. The van der Waals surface area contributed by atoms with Crippen LogP contribution in [0, 0.1) is 0 Å². The first-order chi connectivity index (χ1) is 8.31.